The molecular formula is C13H15N3O3. The lowest BCUT2D eigenvalue weighted by molar-refractivity contribution is -0.119. The van der Waals surface area contributed by atoms with Crippen LogP contribution in [0.2, 0.25) is 0 Å². The Balaban J connectivity index is 1.91. The van der Waals surface area contributed by atoms with Crippen LogP contribution in [0.4, 0.5) is 16.2 Å². The summed E-state index contributed by atoms with van der Waals surface area (Å²) in [6.07, 6.45) is 0.501. The van der Waals surface area contributed by atoms with E-state index in [1.807, 2.05) is 0 Å². The van der Waals surface area contributed by atoms with Gasteiger partial charge in [0.1, 0.15) is 6.04 Å². The fraction of sp³-hybridized carbons (Fsp3) is 0.385. The van der Waals surface area contributed by atoms with E-state index in [1.54, 1.807) is 36.3 Å². The highest BCUT2D eigenvalue weighted by Crippen LogP contribution is 2.32. The van der Waals surface area contributed by atoms with Crippen molar-refractivity contribution in [3.8, 4) is 0 Å². The first-order valence-electron chi connectivity index (χ1n) is 6.14. The molecule has 2 heterocycles. The fourth-order valence-electron chi connectivity index (χ4n) is 2.69. The number of nitrogens with two attached hydrogens (primary N) is 1. The smallest absolute Gasteiger partial charge is 0.332 e. The number of fused-ring (bicyclic) bond motifs is 1. The van der Waals surface area contributed by atoms with Crippen LogP contribution in [0, 0.1) is 0 Å². The van der Waals surface area contributed by atoms with Crippen molar-refractivity contribution in [3.05, 3.63) is 24.3 Å². The molecule has 2 fully saturated rings. The Morgan fingerprint density at radius 1 is 1.37 bits per heavy atom. The molecule has 2 saturated heterocycles. The number of hydrogen-bond acceptors (Lipinski definition) is 4. The van der Waals surface area contributed by atoms with Crippen LogP contribution in [0.1, 0.15) is 6.42 Å². The molecule has 0 spiro atoms. The van der Waals surface area contributed by atoms with Gasteiger partial charge in [0.15, 0.2) is 0 Å². The van der Waals surface area contributed by atoms with Gasteiger partial charge in [-0.2, -0.15) is 0 Å². The summed E-state index contributed by atoms with van der Waals surface area (Å²) in [5.41, 5.74) is 6.75. The number of imide groups is 1. The molecule has 6 nitrogen and oxygen atoms in total. The van der Waals surface area contributed by atoms with Crippen LogP contribution < -0.4 is 10.6 Å². The van der Waals surface area contributed by atoms with E-state index in [1.165, 1.54) is 4.90 Å². The number of carbonyl (C=O) groups is 2. The molecule has 0 bridgehead atoms. The van der Waals surface area contributed by atoms with Crippen LogP contribution in [0.15, 0.2) is 24.3 Å². The van der Waals surface area contributed by atoms with Gasteiger partial charge in [-0.15, -0.1) is 0 Å². The fourth-order valence-corrected chi connectivity index (χ4v) is 2.69. The van der Waals surface area contributed by atoms with Crippen molar-refractivity contribution in [2.24, 2.45) is 0 Å². The number of methoxy groups -OCH3 is 1. The van der Waals surface area contributed by atoms with E-state index in [2.05, 4.69) is 0 Å². The van der Waals surface area contributed by atoms with Gasteiger partial charge in [-0.25, -0.2) is 9.69 Å². The van der Waals surface area contributed by atoms with Gasteiger partial charge in [0.05, 0.1) is 11.8 Å². The monoisotopic (exact) mass is 261 g/mol. The lowest BCUT2D eigenvalue weighted by atomic mass is 10.2. The van der Waals surface area contributed by atoms with E-state index in [9.17, 15) is 9.59 Å². The molecule has 6 heteroatoms. The van der Waals surface area contributed by atoms with Gasteiger partial charge in [-0.1, -0.05) is 6.07 Å². The summed E-state index contributed by atoms with van der Waals surface area (Å²) in [6.45, 7) is 0.463. The molecule has 0 saturated carbocycles. The summed E-state index contributed by atoms with van der Waals surface area (Å²) < 4.78 is 5.22. The first-order chi connectivity index (χ1) is 9.11. The van der Waals surface area contributed by atoms with Gasteiger partial charge in [0, 0.05) is 25.8 Å². The molecule has 3 rings (SSSR count). The summed E-state index contributed by atoms with van der Waals surface area (Å²) in [7, 11) is 1.59. The highest BCUT2D eigenvalue weighted by atomic mass is 16.5. The number of benzene rings is 1. The Labute approximate surface area is 110 Å². The standard InChI is InChI=1S/C13H15N3O3/c1-19-10-6-11-12(17)16(13(18)15(11)7-10)9-4-2-3-8(14)5-9/h2-5,10-11H,6-7,14H2,1H3. The van der Waals surface area contributed by atoms with Crippen LogP contribution >= 0.6 is 0 Å². The van der Waals surface area contributed by atoms with Crippen molar-refractivity contribution < 1.29 is 14.3 Å². The normalized spacial score (nSPS) is 26.2. The van der Waals surface area contributed by atoms with Crippen LogP contribution in [-0.4, -0.2) is 42.6 Å². The number of urea groups is 1. The predicted molar refractivity (Wildman–Crippen MR) is 69.6 cm³/mol. The van der Waals surface area contributed by atoms with Crippen LogP contribution in [0.3, 0.4) is 0 Å². The van der Waals surface area contributed by atoms with E-state index in [-0.39, 0.29) is 18.0 Å². The summed E-state index contributed by atoms with van der Waals surface area (Å²) in [6, 6.07) is 6.09. The maximum absolute atomic E-state index is 12.3. The topological polar surface area (TPSA) is 75.9 Å². The molecule has 2 aliphatic rings. The zero-order valence-electron chi connectivity index (χ0n) is 10.6. The minimum absolute atomic E-state index is 0.0547. The van der Waals surface area contributed by atoms with Crippen molar-refractivity contribution in [1.29, 1.82) is 0 Å². The Morgan fingerprint density at radius 2 is 2.16 bits per heavy atom. The quantitative estimate of drug-likeness (QED) is 0.632. The maximum atomic E-state index is 12.3. The molecule has 3 amide bonds. The number of anilines is 2. The third-order valence-corrected chi connectivity index (χ3v) is 3.67. The second-order valence-electron chi connectivity index (χ2n) is 4.81. The van der Waals surface area contributed by atoms with Crippen molar-refractivity contribution in [1.82, 2.24) is 4.90 Å². The molecule has 19 heavy (non-hydrogen) atoms. The van der Waals surface area contributed by atoms with Crippen molar-refractivity contribution in [2.75, 3.05) is 24.3 Å². The Bertz CT molecular complexity index is 522. The Hall–Kier alpha value is -2.08. The molecule has 1 aromatic carbocycles. The molecule has 0 aromatic heterocycles. The number of carbonyl (C=O) groups excluding carboxylic acids is 2. The minimum atomic E-state index is -0.404. The first-order valence-corrected chi connectivity index (χ1v) is 6.14. The molecule has 2 atom stereocenters. The lowest BCUT2D eigenvalue weighted by Gasteiger charge is -2.17. The van der Waals surface area contributed by atoms with Crippen LogP contribution in [0.5, 0.6) is 0 Å². The van der Waals surface area contributed by atoms with Gasteiger partial charge < -0.3 is 15.4 Å². The van der Waals surface area contributed by atoms with Gasteiger partial charge >= 0.3 is 6.03 Å². The number of amides is 3. The summed E-state index contributed by atoms with van der Waals surface area (Å²) in [4.78, 5) is 27.4. The van der Waals surface area contributed by atoms with E-state index < -0.39 is 6.04 Å². The Morgan fingerprint density at radius 3 is 2.79 bits per heavy atom. The van der Waals surface area contributed by atoms with Gasteiger partial charge in [-0.05, 0) is 18.2 Å². The van der Waals surface area contributed by atoms with Crippen molar-refractivity contribution in [3.63, 3.8) is 0 Å². The number of nitrogens with zero attached hydrogens (tertiary/aromatic N) is 2. The number of nitrogen functional groups attached to an aromatic ring is 1. The molecule has 1 aromatic rings. The lowest BCUT2D eigenvalue weighted by Crippen LogP contribution is -2.35. The molecule has 0 aliphatic carbocycles. The third kappa shape index (κ3) is 1.76. The van der Waals surface area contributed by atoms with Crippen molar-refractivity contribution in [2.45, 2.75) is 18.6 Å². The van der Waals surface area contributed by atoms with E-state index in [0.717, 1.165) is 0 Å². The average Bonchev–Trinajstić information content (AvgIpc) is 2.91. The molecule has 100 valence electrons. The zero-order valence-corrected chi connectivity index (χ0v) is 10.6. The van der Waals surface area contributed by atoms with E-state index in [4.69, 9.17) is 10.5 Å². The molecule has 2 N–H and O–H groups in total. The van der Waals surface area contributed by atoms with Crippen LogP contribution in [0.25, 0.3) is 0 Å². The van der Waals surface area contributed by atoms with Gasteiger partial charge in [-0.3, -0.25) is 4.79 Å². The Kier molecular flexibility index (Phi) is 2.67. The molecule has 2 unspecified atom stereocenters. The predicted octanol–water partition coefficient (Wildman–Crippen LogP) is 0.825. The SMILES string of the molecule is COC1CC2C(=O)N(c3cccc(N)c3)C(=O)N2C1. The second kappa shape index (κ2) is 4.24. The number of hydrogen-bond donors (Lipinski definition) is 1. The third-order valence-electron chi connectivity index (χ3n) is 3.67. The first kappa shape index (κ1) is 12.0. The molecule has 0 radical (unpaired) electrons. The molecular weight excluding hydrogens is 246 g/mol. The van der Waals surface area contributed by atoms with Gasteiger partial charge in [0.2, 0.25) is 0 Å². The second-order valence-corrected chi connectivity index (χ2v) is 4.81. The minimum Gasteiger partial charge on any atom is -0.399 e. The van der Waals surface area contributed by atoms with E-state index >= 15 is 0 Å². The van der Waals surface area contributed by atoms with Crippen molar-refractivity contribution >= 4 is 23.3 Å². The summed E-state index contributed by atoms with van der Waals surface area (Å²) in [5.74, 6) is -0.199. The summed E-state index contributed by atoms with van der Waals surface area (Å²) >= 11 is 0. The highest BCUT2D eigenvalue weighted by Gasteiger charge is 2.51. The maximum Gasteiger partial charge on any atom is 0.332 e. The zero-order chi connectivity index (χ0) is 13.6. The highest BCUT2D eigenvalue weighted by molar-refractivity contribution is 6.21. The van der Waals surface area contributed by atoms with Crippen LogP contribution in [-0.2, 0) is 9.53 Å². The molecule has 2 aliphatic heterocycles. The average molecular weight is 261 g/mol. The summed E-state index contributed by atoms with van der Waals surface area (Å²) in [5, 5.41) is 0. The number of ether oxygens (including phenoxy) is 1. The van der Waals surface area contributed by atoms with E-state index in [0.29, 0.717) is 24.3 Å². The number of rotatable bonds is 2. The largest absolute Gasteiger partial charge is 0.399 e. The van der Waals surface area contributed by atoms with Gasteiger partial charge in [0.25, 0.3) is 5.91 Å².